The molecule has 0 heterocycles. The zero-order chi connectivity index (χ0) is 17.6. The number of rotatable bonds is 12. The third kappa shape index (κ3) is 9.93. The van der Waals surface area contributed by atoms with E-state index in [1.807, 2.05) is 24.3 Å². The van der Waals surface area contributed by atoms with Crippen LogP contribution in [0.15, 0.2) is 0 Å². The number of nitrogens with zero attached hydrogens (tertiary/aromatic N) is 4. The summed E-state index contributed by atoms with van der Waals surface area (Å²) in [7, 11) is -5.17. The average molecular weight is 352 g/mol. The van der Waals surface area contributed by atoms with E-state index in [0.29, 0.717) is 43.4 Å². The summed E-state index contributed by atoms with van der Waals surface area (Å²) in [6.45, 7) is 0. The van der Waals surface area contributed by atoms with Crippen molar-refractivity contribution in [3.8, 4) is 24.3 Å². The second-order valence-corrected chi connectivity index (χ2v) is 12.4. The monoisotopic (exact) mass is 352 g/mol. The molecule has 0 N–H and O–H groups in total. The molecule has 8 heteroatoms. The molecule has 0 aromatic carbocycles. The van der Waals surface area contributed by atoms with Crippen molar-refractivity contribution in [1.29, 1.82) is 21.0 Å². The fourth-order valence-electron chi connectivity index (χ4n) is 2.33. The number of hydrogen-bond acceptors (Lipinski definition) is 6. The lowest BCUT2D eigenvalue weighted by Gasteiger charge is -2.19. The van der Waals surface area contributed by atoms with Crippen LogP contribution in [0.2, 0.25) is 0 Å². The highest BCUT2D eigenvalue weighted by Crippen LogP contribution is 2.51. The third-order valence-electron chi connectivity index (χ3n) is 3.66. The van der Waals surface area contributed by atoms with E-state index in [4.69, 9.17) is 21.0 Å². The van der Waals surface area contributed by atoms with Crippen LogP contribution < -0.4 is 0 Å². The highest BCUT2D eigenvalue weighted by atomic mass is 31.2. The normalized spacial score (nSPS) is 11.0. The van der Waals surface area contributed by atoms with Gasteiger partial charge in [-0.1, -0.05) is 0 Å². The summed E-state index contributed by atoms with van der Waals surface area (Å²) in [5, 5.41) is 34.6. The van der Waals surface area contributed by atoms with Gasteiger partial charge in [0.2, 0.25) is 0 Å². The predicted octanol–water partition coefficient (Wildman–Crippen LogP) is 3.76. The van der Waals surface area contributed by atoms with Crippen molar-refractivity contribution in [3.63, 3.8) is 0 Å². The van der Waals surface area contributed by atoms with Gasteiger partial charge in [-0.05, 0) is 6.42 Å². The molecule has 6 nitrogen and oxygen atoms in total. The first-order valence-electron chi connectivity index (χ1n) is 7.57. The van der Waals surface area contributed by atoms with E-state index in [0.717, 1.165) is 0 Å². The van der Waals surface area contributed by atoms with Crippen LogP contribution in [0.3, 0.4) is 0 Å². The topological polar surface area (TPSA) is 129 Å². The van der Waals surface area contributed by atoms with Crippen LogP contribution in [0.1, 0.15) is 32.1 Å². The summed E-state index contributed by atoms with van der Waals surface area (Å²) < 4.78 is 25.5. The molecule has 0 fully saturated rings. The first-order chi connectivity index (χ1) is 10.9. The first kappa shape index (κ1) is 21.4. The molecule has 0 aromatic rings. The van der Waals surface area contributed by atoms with Gasteiger partial charge in [-0.25, -0.2) is 0 Å². The van der Waals surface area contributed by atoms with E-state index >= 15 is 0 Å². The number of nitriles is 4. The van der Waals surface area contributed by atoms with Crippen LogP contribution in [0, 0.1) is 45.3 Å². The van der Waals surface area contributed by atoms with Crippen LogP contribution in [0.4, 0.5) is 0 Å². The van der Waals surface area contributed by atoms with E-state index < -0.39 is 14.3 Å². The van der Waals surface area contributed by atoms with Crippen LogP contribution in [0.5, 0.6) is 0 Å². The number of hydrogen-bond donors (Lipinski definition) is 0. The van der Waals surface area contributed by atoms with E-state index in [9.17, 15) is 9.13 Å². The smallest absolute Gasteiger partial charge is 0.0897 e. The van der Waals surface area contributed by atoms with Crippen LogP contribution >= 0.6 is 14.3 Å². The lowest BCUT2D eigenvalue weighted by molar-refractivity contribution is 0.569. The summed E-state index contributed by atoms with van der Waals surface area (Å²) in [5.41, 5.74) is 0. The molecule has 0 aliphatic carbocycles. The van der Waals surface area contributed by atoms with Crippen LogP contribution in [-0.4, -0.2) is 37.0 Å². The molecule has 23 heavy (non-hydrogen) atoms. The van der Waals surface area contributed by atoms with Crippen LogP contribution in [-0.2, 0) is 9.13 Å². The molecule has 0 rings (SSSR count). The lowest BCUT2D eigenvalue weighted by Crippen LogP contribution is -2.05. The Hall–Kier alpha value is -1.58. The van der Waals surface area contributed by atoms with Crippen molar-refractivity contribution in [2.24, 2.45) is 0 Å². The Labute approximate surface area is 138 Å². The lowest BCUT2D eigenvalue weighted by atomic mass is 10.5. The quantitative estimate of drug-likeness (QED) is 0.492. The fourth-order valence-corrected chi connectivity index (χ4v) is 7.42. The highest BCUT2D eigenvalue weighted by molar-refractivity contribution is 7.65. The summed E-state index contributed by atoms with van der Waals surface area (Å²) in [4.78, 5) is 0. The molecule has 0 saturated carbocycles. The summed E-state index contributed by atoms with van der Waals surface area (Å²) >= 11 is 0. The molecule has 0 bridgehead atoms. The second-order valence-electron chi connectivity index (χ2n) is 5.44. The van der Waals surface area contributed by atoms with Crippen molar-refractivity contribution in [2.45, 2.75) is 32.1 Å². The molecular formula is C15H22N4O2P2. The van der Waals surface area contributed by atoms with E-state index in [-0.39, 0.29) is 25.7 Å². The first-order valence-corrected chi connectivity index (χ1v) is 12.1. The van der Waals surface area contributed by atoms with Crippen molar-refractivity contribution in [3.05, 3.63) is 0 Å². The van der Waals surface area contributed by atoms with Gasteiger partial charge in [0, 0.05) is 62.7 Å². The van der Waals surface area contributed by atoms with Gasteiger partial charge in [0.1, 0.15) is 0 Å². The molecule has 0 amide bonds. The molecule has 0 saturated heterocycles. The predicted molar refractivity (Wildman–Crippen MR) is 90.0 cm³/mol. The van der Waals surface area contributed by atoms with Gasteiger partial charge in [0.15, 0.2) is 0 Å². The standard InChI is InChI=1S/C15H22N4O2P2/c16-6-1-10-22(20,11-2-7-17)14-5-15-23(21,12-3-8-18)13-4-9-19/h1-5,10-15H2. The summed E-state index contributed by atoms with van der Waals surface area (Å²) in [6, 6.07) is 7.92. The minimum atomic E-state index is -2.59. The van der Waals surface area contributed by atoms with Crippen molar-refractivity contribution in [2.75, 3.05) is 37.0 Å². The van der Waals surface area contributed by atoms with Gasteiger partial charge in [-0.2, -0.15) is 21.0 Å². The van der Waals surface area contributed by atoms with Gasteiger partial charge in [-0.3, -0.25) is 0 Å². The van der Waals surface area contributed by atoms with Crippen molar-refractivity contribution >= 4 is 14.3 Å². The maximum absolute atomic E-state index is 12.7. The second kappa shape index (κ2) is 11.9. The minimum Gasteiger partial charge on any atom is -0.323 e. The molecule has 0 unspecified atom stereocenters. The Kier molecular flexibility index (Phi) is 11.1. The zero-order valence-electron chi connectivity index (χ0n) is 13.3. The molecule has 124 valence electrons. The van der Waals surface area contributed by atoms with Crippen LogP contribution in [0.25, 0.3) is 0 Å². The Morgan fingerprint density at radius 2 is 0.783 bits per heavy atom. The molecular weight excluding hydrogens is 330 g/mol. The van der Waals surface area contributed by atoms with Crippen molar-refractivity contribution < 1.29 is 9.13 Å². The van der Waals surface area contributed by atoms with Gasteiger partial charge >= 0.3 is 0 Å². The summed E-state index contributed by atoms with van der Waals surface area (Å²) in [5.74, 6) is 0. The minimum absolute atomic E-state index is 0.198. The Morgan fingerprint density at radius 1 is 0.522 bits per heavy atom. The maximum Gasteiger partial charge on any atom is 0.0897 e. The maximum atomic E-state index is 12.7. The molecule has 0 aliphatic rings. The van der Waals surface area contributed by atoms with E-state index in [1.165, 1.54) is 0 Å². The van der Waals surface area contributed by atoms with E-state index in [2.05, 4.69) is 0 Å². The molecule has 0 atom stereocenters. The van der Waals surface area contributed by atoms with Gasteiger partial charge < -0.3 is 9.13 Å². The zero-order valence-corrected chi connectivity index (χ0v) is 15.1. The Balaban J connectivity index is 4.68. The third-order valence-corrected chi connectivity index (χ3v) is 10.1. The molecule has 0 spiro atoms. The Morgan fingerprint density at radius 3 is 1.00 bits per heavy atom. The molecule has 0 radical (unpaired) electrons. The van der Waals surface area contributed by atoms with Gasteiger partial charge in [-0.15, -0.1) is 0 Å². The van der Waals surface area contributed by atoms with Gasteiger partial charge in [0.05, 0.1) is 38.6 Å². The van der Waals surface area contributed by atoms with E-state index in [1.54, 1.807) is 0 Å². The fraction of sp³-hybridized carbons (Fsp3) is 0.733. The average Bonchev–Trinajstić information content (AvgIpc) is 2.55. The molecule has 0 aliphatic heterocycles. The molecule has 0 aromatic heterocycles. The SMILES string of the molecule is N#CCCP(=O)(CCC#N)CCCP(=O)(CCC#N)CCC#N. The van der Waals surface area contributed by atoms with Gasteiger partial charge in [0.25, 0.3) is 0 Å². The Bertz CT molecular complexity index is 521. The largest absolute Gasteiger partial charge is 0.323 e. The summed E-state index contributed by atoms with van der Waals surface area (Å²) in [6.07, 6.45) is 3.22. The highest BCUT2D eigenvalue weighted by Gasteiger charge is 2.25. The van der Waals surface area contributed by atoms with Crippen molar-refractivity contribution in [1.82, 2.24) is 0 Å².